The highest BCUT2D eigenvalue weighted by atomic mass is 79.9. The first-order chi connectivity index (χ1) is 8.65. The van der Waals surface area contributed by atoms with Crippen molar-refractivity contribution in [3.63, 3.8) is 0 Å². The van der Waals surface area contributed by atoms with E-state index in [1.54, 1.807) is 17.1 Å². The van der Waals surface area contributed by atoms with E-state index in [1.807, 2.05) is 7.05 Å². The molecule has 1 aromatic heterocycles. The van der Waals surface area contributed by atoms with Crippen molar-refractivity contribution in [3.05, 3.63) is 46.2 Å². The van der Waals surface area contributed by atoms with Gasteiger partial charge in [0.2, 0.25) is 0 Å². The number of nitrogens with zero attached hydrogens (tertiary/aromatic N) is 3. The zero-order chi connectivity index (χ0) is 13.0. The third-order valence-electron chi connectivity index (χ3n) is 2.50. The second-order valence-electron chi connectivity index (χ2n) is 4.00. The van der Waals surface area contributed by atoms with Gasteiger partial charge < -0.3 is 5.32 Å². The highest BCUT2D eigenvalue weighted by molar-refractivity contribution is 9.10. The van der Waals surface area contributed by atoms with Crippen LogP contribution in [0.2, 0.25) is 0 Å². The van der Waals surface area contributed by atoms with Crippen molar-refractivity contribution < 1.29 is 4.39 Å². The minimum Gasteiger partial charge on any atom is -0.312 e. The summed E-state index contributed by atoms with van der Waals surface area (Å²) >= 11 is 3.40. The van der Waals surface area contributed by atoms with E-state index in [0.29, 0.717) is 6.54 Å². The summed E-state index contributed by atoms with van der Waals surface area (Å²) in [6, 6.07) is 4.67. The number of aromatic nitrogens is 3. The molecule has 0 unspecified atom stereocenters. The molecule has 0 radical (unpaired) electrons. The molecule has 0 fully saturated rings. The van der Waals surface area contributed by atoms with Crippen LogP contribution in [0.5, 0.6) is 0 Å². The van der Waals surface area contributed by atoms with Crippen LogP contribution >= 0.6 is 15.9 Å². The van der Waals surface area contributed by atoms with Crippen LogP contribution in [0, 0.1) is 5.82 Å². The van der Waals surface area contributed by atoms with Crippen molar-refractivity contribution in [2.45, 2.75) is 13.0 Å². The van der Waals surface area contributed by atoms with Crippen LogP contribution < -0.4 is 5.32 Å². The molecular weight excluding hydrogens is 299 g/mol. The number of hydrogen-bond donors (Lipinski definition) is 1. The van der Waals surface area contributed by atoms with Gasteiger partial charge in [0.25, 0.3) is 0 Å². The lowest BCUT2D eigenvalue weighted by atomic mass is 10.2. The van der Waals surface area contributed by atoms with Crippen LogP contribution in [0.15, 0.2) is 29.0 Å². The molecule has 1 N–H and O–H groups in total. The maximum Gasteiger partial charge on any atom is 0.151 e. The molecule has 0 aliphatic heterocycles. The lowest BCUT2D eigenvalue weighted by Gasteiger charge is -2.06. The number of aryl methyl sites for hydroxylation is 1. The summed E-state index contributed by atoms with van der Waals surface area (Å²) in [5, 5.41) is 7.42. The van der Waals surface area contributed by atoms with Crippen LogP contribution in [0.25, 0.3) is 0 Å². The maximum atomic E-state index is 13.1. The molecule has 0 bridgehead atoms. The minimum absolute atomic E-state index is 0.221. The van der Waals surface area contributed by atoms with Crippen LogP contribution in [-0.4, -0.2) is 21.3 Å². The lowest BCUT2D eigenvalue weighted by Crippen LogP contribution is -2.17. The molecule has 0 spiro atoms. The first-order valence-corrected chi connectivity index (χ1v) is 6.43. The Balaban J connectivity index is 1.80. The molecule has 1 aromatic carbocycles. The van der Waals surface area contributed by atoms with E-state index < -0.39 is 0 Å². The molecule has 0 aliphatic carbocycles. The molecule has 0 saturated heterocycles. The SMILES string of the molecule is Cn1cnc(CCNCc2cc(F)ccc2Br)n1. The molecule has 4 nitrogen and oxygen atoms in total. The fourth-order valence-corrected chi connectivity index (χ4v) is 1.99. The number of nitrogens with one attached hydrogen (secondary N) is 1. The average Bonchev–Trinajstić information content (AvgIpc) is 2.75. The molecule has 18 heavy (non-hydrogen) atoms. The van der Waals surface area contributed by atoms with Gasteiger partial charge in [-0.3, -0.25) is 4.68 Å². The molecule has 0 saturated carbocycles. The number of benzene rings is 1. The Morgan fingerprint density at radius 3 is 3.00 bits per heavy atom. The van der Waals surface area contributed by atoms with Crippen molar-refractivity contribution >= 4 is 15.9 Å². The van der Waals surface area contributed by atoms with Gasteiger partial charge in [-0.25, -0.2) is 9.37 Å². The zero-order valence-electron chi connectivity index (χ0n) is 10.0. The van der Waals surface area contributed by atoms with Gasteiger partial charge in [0.15, 0.2) is 5.82 Å². The van der Waals surface area contributed by atoms with E-state index in [4.69, 9.17) is 0 Å². The average molecular weight is 313 g/mol. The third-order valence-corrected chi connectivity index (χ3v) is 3.27. The van der Waals surface area contributed by atoms with Crippen molar-refractivity contribution in [1.82, 2.24) is 20.1 Å². The summed E-state index contributed by atoms with van der Waals surface area (Å²) in [7, 11) is 1.84. The molecule has 2 aromatic rings. The zero-order valence-corrected chi connectivity index (χ0v) is 11.6. The Hall–Kier alpha value is -1.27. The maximum absolute atomic E-state index is 13.1. The van der Waals surface area contributed by atoms with Gasteiger partial charge in [0, 0.05) is 31.0 Å². The van der Waals surface area contributed by atoms with Gasteiger partial charge in [0.1, 0.15) is 12.1 Å². The van der Waals surface area contributed by atoms with E-state index in [9.17, 15) is 4.39 Å². The van der Waals surface area contributed by atoms with Gasteiger partial charge in [-0.15, -0.1) is 0 Å². The fourth-order valence-electron chi connectivity index (χ4n) is 1.60. The highest BCUT2D eigenvalue weighted by Crippen LogP contribution is 2.17. The Morgan fingerprint density at radius 1 is 1.44 bits per heavy atom. The summed E-state index contributed by atoms with van der Waals surface area (Å²) in [6.07, 6.45) is 2.44. The molecule has 0 amide bonds. The number of hydrogen-bond acceptors (Lipinski definition) is 3. The monoisotopic (exact) mass is 312 g/mol. The van der Waals surface area contributed by atoms with E-state index in [2.05, 4.69) is 31.3 Å². The van der Waals surface area contributed by atoms with Gasteiger partial charge >= 0.3 is 0 Å². The summed E-state index contributed by atoms with van der Waals surface area (Å²) in [6.45, 7) is 1.37. The normalized spacial score (nSPS) is 10.8. The number of rotatable bonds is 5. The number of halogens is 2. The molecule has 0 aliphatic rings. The molecule has 96 valence electrons. The van der Waals surface area contributed by atoms with Gasteiger partial charge in [-0.1, -0.05) is 15.9 Å². The largest absolute Gasteiger partial charge is 0.312 e. The van der Waals surface area contributed by atoms with E-state index >= 15 is 0 Å². The molecule has 2 rings (SSSR count). The predicted octanol–water partition coefficient (Wildman–Crippen LogP) is 2.05. The predicted molar refractivity (Wildman–Crippen MR) is 70.5 cm³/mol. The van der Waals surface area contributed by atoms with Crippen LogP contribution in [0.4, 0.5) is 4.39 Å². The second kappa shape index (κ2) is 6.06. The second-order valence-corrected chi connectivity index (χ2v) is 4.85. The van der Waals surface area contributed by atoms with Crippen molar-refractivity contribution in [3.8, 4) is 0 Å². The molecule has 1 heterocycles. The minimum atomic E-state index is -0.221. The van der Waals surface area contributed by atoms with E-state index in [1.165, 1.54) is 12.1 Å². The van der Waals surface area contributed by atoms with Crippen LogP contribution in [0.3, 0.4) is 0 Å². The van der Waals surface area contributed by atoms with Crippen LogP contribution in [-0.2, 0) is 20.0 Å². The lowest BCUT2D eigenvalue weighted by molar-refractivity contribution is 0.617. The summed E-state index contributed by atoms with van der Waals surface area (Å²) < 4.78 is 15.6. The Labute approximate surface area is 113 Å². The van der Waals surface area contributed by atoms with Crippen molar-refractivity contribution in [1.29, 1.82) is 0 Å². The van der Waals surface area contributed by atoms with E-state index in [-0.39, 0.29) is 5.82 Å². The fraction of sp³-hybridized carbons (Fsp3) is 0.333. The van der Waals surface area contributed by atoms with Gasteiger partial charge in [-0.05, 0) is 23.8 Å². The van der Waals surface area contributed by atoms with E-state index in [0.717, 1.165) is 28.8 Å². The Morgan fingerprint density at radius 2 is 2.28 bits per heavy atom. The van der Waals surface area contributed by atoms with Crippen molar-refractivity contribution in [2.24, 2.45) is 7.05 Å². The molecule has 0 atom stereocenters. The van der Waals surface area contributed by atoms with Gasteiger partial charge in [0.05, 0.1) is 0 Å². The van der Waals surface area contributed by atoms with Crippen molar-refractivity contribution in [2.75, 3.05) is 6.54 Å². The van der Waals surface area contributed by atoms with Crippen LogP contribution in [0.1, 0.15) is 11.4 Å². The highest BCUT2D eigenvalue weighted by Gasteiger charge is 2.02. The topological polar surface area (TPSA) is 42.7 Å². The summed E-state index contributed by atoms with van der Waals surface area (Å²) in [5.41, 5.74) is 0.906. The standard InChI is InChI=1S/C12H14BrFN4/c1-18-8-16-12(17-18)4-5-15-7-9-6-10(14)2-3-11(9)13/h2-3,6,8,15H,4-5,7H2,1H3. The first-order valence-electron chi connectivity index (χ1n) is 5.64. The Bertz CT molecular complexity index is 527. The Kier molecular flexibility index (Phi) is 4.43. The first kappa shape index (κ1) is 13.2. The van der Waals surface area contributed by atoms with Gasteiger partial charge in [-0.2, -0.15) is 5.10 Å². The summed E-state index contributed by atoms with van der Waals surface area (Å²) in [5.74, 6) is 0.588. The smallest absolute Gasteiger partial charge is 0.151 e. The summed E-state index contributed by atoms with van der Waals surface area (Å²) in [4.78, 5) is 4.13. The quantitative estimate of drug-likeness (QED) is 0.859. The molecule has 6 heteroatoms. The third kappa shape index (κ3) is 3.61. The molecular formula is C12H14BrFN4.